The smallest absolute Gasteiger partial charge is 0.243 e. The maximum Gasteiger partial charge on any atom is 0.243 e. The van der Waals surface area contributed by atoms with Crippen LogP contribution in [0.4, 0.5) is 0 Å². The molecule has 1 N–H and O–H groups in total. The third kappa shape index (κ3) is 8.72. The van der Waals surface area contributed by atoms with Crippen LogP contribution in [-0.4, -0.2) is 34.6 Å². The molecule has 2 amide bonds. The third-order valence-electron chi connectivity index (χ3n) is 6.14. The molecule has 3 aromatic rings. The zero-order chi connectivity index (χ0) is 25.9. The summed E-state index contributed by atoms with van der Waals surface area (Å²) in [5, 5.41) is 3.81. The topological polar surface area (TPSA) is 49.4 Å². The molecule has 0 aliphatic rings. The van der Waals surface area contributed by atoms with Crippen LogP contribution in [0.25, 0.3) is 0 Å². The van der Waals surface area contributed by atoms with E-state index in [-0.39, 0.29) is 17.9 Å². The van der Waals surface area contributed by atoms with Crippen LogP contribution in [0.15, 0.2) is 83.8 Å². The first-order valence-electron chi connectivity index (χ1n) is 12.4. The van der Waals surface area contributed by atoms with Crippen molar-refractivity contribution < 1.29 is 9.59 Å². The Bertz CT molecular complexity index is 1100. The molecule has 0 heterocycles. The van der Waals surface area contributed by atoms with Crippen molar-refractivity contribution >= 4 is 35.2 Å². The zero-order valence-electron chi connectivity index (χ0n) is 21.2. The molecule has 0 bridgehead atoms. The van der Waals surface area contributed by atoms with Crippen molar-refractivity contribution in [3.05, 3.63) is 101 Å². The molecule has 0 aliphatic carbocycles. The average Bonchev–Trinajstić information content (AvgIpc) is 2.88. The monoisotopic (exact) mass is 522 g/mol. The van der Waals surface area contributed by atoms with E-state index >= 15 is 0 Å². The van der Waals surface area contributed by atoms with E-state index in [1.54, 1.807) is 16.7 Å². The molecule has 3 aromatic carbocycles. The van der Waals surface area contributed by atoms with E-state index in [1.165, 1.54) is 0 Å². The lowest BCUT2D eigenvalue weighted by molar-refractivity contribution is -0.141. The Balaban J connectivity index is 1.84. The number of aryl methyl sites for hydroxylation is 1. The van der Waals surface area contributed by atoms with Crippen molar-refractivity contribution in [2.24, 2.45) is 0 Å². The summed E-state index contributed by atoms with van der Waals surface area (Å²) in [6.45, 7) is 6.46. The van der Waals surface area contributed by atoms with Gasteiger partial charge < -0.3 is 10.2 Å². The molecule has 190 valence electrons. The highest BCUT2D eigenvalue weighted by atomic mass is 35.5. The van der Waals surface area contributed by atoms with Gasteiger partial charge in [-0.25, -0.2) is 0 Å². The minimum Gasteiger partial charge on any atom is -0.352 e. The fraction of sp³-hybridized carbons (Fsp3) is 0.333. The predicted molar refractivity (Wildman–Crippen MR) is 150 cm³/mol. The van der Waals surface area contributed by atoms with Crippen molar-refractivity contribution in [1.82, 2.24) is 10.2 Å². The van der Waals surface area contributed by atoms with Gasteiger partial charge in [-0.05, 0) is 55.7 Å². The Morgan fingerprint density at radius 2 is 1.61 bits per heavy atom. The summed E-state index contributed by atoms with van der Waals surface area (Å²) in [5.41, 5.74) is 3.19. The van der Waals surface area contributed by atoms with Gasteiger partial charge in [0.05, 0.1) is 0 Å². The van der Waals surface area contributed by atoms with Gasteiger partial charge in [-0.1, -0.05) is 78.7 Å². The van der Waals surface area contributed by atoms with Crippen molar-refractivity contribution in [3.63, 3.8) is 0 Å². The van der Waals surface area contributed by atoms with Crippen molar-refractivity contribution in [3.8, 4) is 0 Å². The van der Waals surface area contributed by atoms with Crippen LogP contribution in [0.5, 0.6) is 0 Å². The zero-order valence-corrected chi connectivity index (χ0v) is 22.8. The number of carbonyl (C=O) groups excluding carboxylic acids is 2. The minimum absolute atomic E-state index is 0.0303. The Kier molecular flexibility index (Phi) is 10.9. The number of carbonyl (C=O) groups is 2. The van der Waals surface area contributed by atoms with Gasteiger partial charge in [0.1, 0.15) is 6.04 Å². The molecule has 6 heteroatoms. The van der Waals surface area contributed by atoms with Crippen molar-refractivity contribution in [2.45, 2.75) is 63.6 Å². The summed E-state index contributed by atoms with van der Waals surface area (Å²) in [6.07, 6.45) is 1.62. The summed E-state index contributed by atoms with van der Waals surface area (Å²) < 4.78 is 0. The SMILES string of the molecule is CCC(C)NC(=O)C(Cc1ccccc1)N(Cc1ccc(C)cc1)C(=O)CCSc1ccc(Cl)cc1. The molecule has 0 saturated carbocycles. The number of thioether (sulfide) groups is 1. The van der Waals surface area contributed by atoms with E-state index in [4.69, 9.17) is 11.6 Å². The van der Waals surface area contributed by atoms with Gasteiger partial charge in [-0.15, -0.1) is 11.8 Å². The molecular weight excluding hydrogens is 488 g/mol. The fourth-order valence-electron chi connectivity index (χ4n) is 3.82. The fourth-order valence-corrected chi connectivity index (χ4v) is 4.78. The maximum atomic E-state index is 13.7. The first-order chi connectivity index (χ1) is 17.4. The summed E-state index contributed by atoms with van der Waals surface area (Å²) in [7, 11) is 0. The second-order valence-electron chi connectivity index (χ2n) is 9.08. The Hall–Kier alpha value is -2.76. The van der Waals surface area contributed by atoms with E-state index in [1.807, 2.05) is 99.6 Å². The van der Waals surface area contributed by atoms with E-state index in [0.29, 0.717) is 30.2 Å². The molecule has 36 heavy (non-hydrogen) atoms. The van der Waals surface area contributed by atoms with Crippen LogP contribution in [-0.2, 0) is 22.6 Å². The van der Waals surface area contributed by atoms with Gasteiger partial charge in [0.15, 0.2) is 0 Å². The van der Waals surface area contributed by atoms with Crippen LogP contribution in [0.1, 0.15) is 43.4 Å². The lowest BCUT2D eigenvalue weighted by Gasteiger charge is -2.32. The first kappa shape index (κ1) is 27.8. The molecule has 2 unspecified atom stereocenters. The van der Waals surface area contributed by atoms with E-state index in [0.717, 1.165) is 28.0 Å². The molecule has 0 aliphatic heterocycles. The number of nitrogens with zero attached hydrogens (tertiary/aromatic N) is 1. The Morgan fingerprint density at radius 3 is 2.25 bits per heavy atom. The minimum atomic E-state index is -0.601. The van der Waals surface area contributed by atoms with Gasteiger partial charge >= 0.3 is 0 Å². The second kappa shape index (κ2) is 14.1. The highest BCUT2D eigenvalue weighted by molar-refractivity contribution is 7.99. The highest BCUT2D eigenvalue weighted by Crippen LogP contribution is 2.23. The number of nitrogens with one attached hydrogen (secondary N) is 1. The van der Waals surface area contributed by atoms with Gasteiger partial charge in [-0.3, -0.25) is 9.59 Å². The number of amides is 2. The molecule has 3 rings (SSSR count). The summed E-state index contributed by atoms with van der Waals surface area (Å²) in [5.74, 6) is 0.479. The molecule has 0 spiro atoms. The van der Waals surface area contributed by atoms with Crippen molar-refractivity contribution in [2.75, 3.05) is 5.75 Å². The van der Waals surface area contributed by atoms with Crippen LogP contribution >= 0.6 is 23.4 Å². The quantitative estimate of drug-likeness (QED) is 0.270. The molecule has 0 fully saturated rings. The van der Waals surface area contributed by atoms with Gasteiger partial charge in [0, 0.05) is 41.1 Å². The standard InChI is InChI=1S/C30H35ClN2O2S/c1-4-23(3)32-30(35)28(20-24-8-6-5-7-9-24)33(21-25-12-10-22(2)11-13-25)29(34)18-19-36-27-16-14-26(31)15-17-27/h5-17,23,28H,4,18-21H2,1-3H3,(H,32,35). The van der Waals surface area contributed by atoms with E-state index < -0.39 is 6.04 Å². The number of benzene rings is 3. The predicted octanol–water partition coefficient (Wildman–Crippen LogP) is 6.69. The first-order valence-corrected chi connectivity index (χ1v) is 13.8. The van der Waals surface area contributed by atoms with Crippen LogP contribution < -0.4 is 5.32 Å². The lowest BCUT2D eigenvalue weighted by atomic mass is 10.0. The average molecular weight is 523 g/mol. The summed E-state index contributed by atoms with van der Waals surface area (Å²) >= 11 is 7.61. The van der Waals surface area contributed by atoms with Gasteiger partial charge in [0.2, 0.25) is 11.8 Å². The molecule has 2 atom stereocenters. The molecule has 0 radical (unpaired) electrons. The number of hydrogen-bond donors (Lipinski definition) is 1. The number of rotatable bonds is 12. The molecule has 4 nitrogen and oxygen atoms in total. The summed E-state index contributed by atoms with van der Waals surface area (Å²) in [4.78, 5) is 30.0. The largest absolute Gasteiger partial charge is 0.352 e. The second-order valence-corrected chi connectivity index (χ2v) is 10.7. The number of hydrogen-bond acceptors (Lipinski definition) is 3. The normalized spacial score (nSPS) is 12.6. The molecule has 0 aromatic heterocycles. The Morgan fingerprint density at radius 1 is 0.944 bits per heavy atom. The van der Waals surface area contributed by atoms with Gasteiger partial charge in [-0.2, -0.15) is 0 Å². The van der Waals surface area contributed by atoms with Crippen LogP contribution in [0, 0.1) is 6.92 Å². The molecule has 0 saturated heterocycles. The van der Waals surface area contributed by atoms with E-state index in [9.17, 15) is 9.59 Å². The number of halogens is 1. The van der Waals surface area contributed by atoms with E-state index in [2.05, 4.69) is 5.32 Å². The van der Waals surface area contributed by atoms with Crippen LogP contribution in [0.2, 0.25) is 5.02 Å². The third-order valence-corrected chi connectivity index (χ3v) is 7.41. The lowest BCUT2D eigenvalue weighted by Crippen LogP contribution is -2.52. The van der Waals surface area contributed by atoms with Crippen LogP contribution in [0.3, 0.4) is 0 Å². The van der Waals surface area contributed by atoms with Gasteiger partial charge in [0.25, 0.3) is 0 Å². The Labute approximate surface area is 224 Å². The van der Waals surface area contributed by atoms with Crippen molar-refractivity contribution in [1.29, 1.82) is 0 Å². The molecular formula is C30H35ClN2O2S. The summed E-state index contributed by atoms with van der Waals surface area (Å²) in [6, 6.07) is 25.1. The highest BCUT2D eigenvalue weighted by Gasteiger charge is 2.30. The maximum absolute atomic E-state index is 13.7.